The summed E-state index contributed by atoms with van der Waals surface area (Å²) < 4.78 is 0.403. The molecule has 1 atom stereocenters. The zero-order valence-corrected chi connectivity index (χ0v) is 10.5. The van der Waals surface area contributed by atoms with Crippen molar-refractivity contribution in [3.05, 3.63) is 28.2 Å². The van der Waals surface area contributed by atoms with Gasteiger partial charge in [0.25, 0.3) is 0 Å². The van der Waals surface area contributed by atoms with Crippen molar-refractivity contribution >= 4 is 21.9 Å². The van der Waals surface area contributed by atoms with Crippen molar-refractivity contribution in [2.24, 2.45) is 0 Å². The van der Waals surface area contributed by atoms with Gasteiger partial charge in [0.15, 0.2) is 6.10 Å². The first kappa shape index (κ1) is 13.0. The molecule has 0 saturated heterocycles. The fourth-order valence-corrected chi connectivity index (χ4v) is 2.25. The number of halogens is 1. The molecule has 5 heteroatoms. The Morgan fingerprint density at radius 2 is 2.00 bits per heavy atom. The highest BCUT2D eigenvalue weighted by molar-refractivity contribution is 9.10. The third-order valence-electron chi connectivity index (χ3n) is 2.59. The highest BCUT2D eigenvalue weighted by Gasteiger charge is 2.36. The van der Waals surface area contributed by atoms with Gasteiger partial charge < -0.3 is 15.3 Å². The summed E-state index contributed by atoms with van der Waals surface area (Å²) in [7, 11) is 0. The van der Waals surface area contributed by atoms with Gasteiger partial charge in [0.05, 0.1) is 4.47 Å². The minimum atomic E-state index is -1.54. The number of rotatable bonds is 3. The Kier molecular flexibility index (Phi) is 3.60. The first-order chi connectivity index (χ1) is 7.28. The highest BCUT2D eigenvalue weighted by atomic mass is 79.9. The normalized spacial score (nSPS) is 13.5. The maximum atomic E-state index is 10.8. The van der Waals surface area contributed by atoms with Crippen molar-refractivity contribution in [1.82, 2.24) is 0 Å². The quantitative estimate of drug-likeness (QED) is 0.794. The molecule has 3 N–H and O–H groups in total. The number of aliphatic hydroxyl groups is 1. The summed E-state index contributed by atoms with van der Waals surface area (Å²) in [5.41, 5.74) is -0.453. The van der Waals surface area contributed by atoms with Crippen LogP contribution in [0.25, 0.3) is 0 Å². The van der Waals surface area contributed by atoms with Gasteiger partial charge in [0.2, 0.25) is 0 Å². The molecule has 0 fully saturated rings. The van der Waals surface area contributed by atoms with Gasteiger partial charge in [-0.1, -0.05) is 26.0 Å². The molecule has 0 heterocycles. The lowest BCUT2D eigenvalue weighted by Crippen LogP contribution is -2.40. The second kappa shape index (κ2) is 4.43. The molecule has 0 aliphatic heterocycles. The van der Waals surface area contributed by atoms with E-state index in [2.05, 4.69) is 15.9 Å². The van der Waals surface area contributed by atoms with E-state index < -0.39 is 17.5 Å². The maximum Gasteiger partial charge on any atom is 0.333 e. The van der Waals surface area contributed by atoms with Crippen LogP contribution in [-0.2, 0) is 10.2 Å². The minimum absolute atomic E-state index is 0.0168. The molecule has 0 radical (unpaired) electrons. The molecule has 1 aromatic carbocycles. The first-order valence-electron chi connectivity index (χ1n) is 4.67. The Morgan fingerprint density at radius 1 is 1.44 bits per heavy atom. The van der Waals surface area contributed by atoms with E-state index in [1.165, 1.54) is 6.07 Å². The van der Waals surface area contributed by atoms with E-state index in [9.17, 15) is 15.0 Å². The predicted octanol–water partition coefficient (Wildman–Crippen LogP) is 1.88. The fourth-order valence-electron chi connectivity index (χ4n) is 1.47. The van der Waals surface area contributed by atoms with E-state index in [1.807, 2.05) is 0 Å². The van der Waals surface area contributed by atoms with E-state index in [1.54, 1.807) is 26.0 Å². The van der Waals surface area contributed by atoms with Gasteiger partial charge in [-0.3, -0.25) is 0 Å². The van der Waals surface area contributed by atoms with Crippen molar-refractivity contribution in [2.45, 2.75) is 25.4 Å². The second-order valence-electron chi connectivity index (χ2n) is 4.10. The van der Waals surface area contributed by atoms with E-state index >= 15 is 0 Å². The molecular formula is C11H13BrO4. The third-order valence-corrected chi connectivity index (χ3v) is 3.42. The largest absolute Gasteiger partial charge is 0.507 e. The van der Waals surface area contributed by atoms with Gasteiger partial charge in [-0.15, -0.1) is 0 Å². The minimum Gasteiger partial charge on any atom is -0.507 e. The average Bonchev–Trinajstić information content (AvgIpc) is 2.20. The number of phenolic OH excluding ortho intramolecular Hbond substituents is 1. The Morgan fingerprint density at radius 3 is 2.50 bits per heavy atom. The molecule has 1 unspecified atom stereocenters. The molecule has 1 aromatic rings. The summed E-state index contributed by atoms with van der Waals surface area (Å²) in [5, 5.41) is 27.9. The van der Waals surface area contributed by atoms with Gasteiger partial charge in [0.1, 0.15) is 5.75 Å². The smallest absolute Gasteiger partial charge is 0.333 e. The molecule has 88 valence electrons. The SMILES string of the molecule is CC(C)(c1cccc(O)c1Br)C(O)C(=O)O. The monoisotopic (exact) mass is 288 g/mol. The van der Waals surface area contributed by atoms with E-state index in [4.69, 9.17) is 5.11 Å². The summed E-state index contributed by atoms with van der Waals surface area (Å²) >= 11 is 3.18. The maximum absolute atomic E-state index is 10.8. The van der Waals surface area contributed by atoms with Crippen LogP contribution in [0.1, 0.15) is 19.4 Å². The lowest BCUT2D eigenvalue weighted by Gasteiger charge is -2.29. The van der Waals surface area contributed by atoms with Crippen molar-refractivity contribution in [3.63, 3.8) is 0 Å². The van der Waals surface area contributed by atoms with Gasteiger partial charge >= 0.3 is 5.97 Å². The molecule has 0 bridgehead atoms. The molecular weight excluding hydrogens is 276 g/mol. The van der Waals surface area contributed by atoms with Crippen LogP contribution in [0.5, 0.6) is 5.75 Å². The van der Waals surface area contributed by atoms with E-state index in [0.29, 0.717) is 10.0 Å². The van der Waals surface area contributed by atoms with Crippen LogP contribution in [0.2, 0.25) is 0 Å². The Hall–Kier alpha value is -1.07. The zero-order valence-electron chi connectivity index (χ0n) is 8.94. The molecule has 16 heavy (non-hydrogen) atoms. The van der Waals surface area contributed by atoms with Crippen LogP contribution < -0.4 is 0 Å². The van der Waals surface area contributed by atoms with Crippen LogP contribution >= 0.6 is 15.9 Å². The summed E-state index contributed by atoms with van der Waals surface area (Å²) in [6.45, 7) is 3.20. The number of hydrogen-bond donors (Lipinski definition) is 3. The number of carbonyl (C=O) groups is 1. The molecule has 0 aromatic heterocycles. The van der Waals surface area contributed by atoms with Gasteiger partial charge in [-0.2, -0.15) is 0 Å². The van der Waals surface area contributed by atoms with Crippen LogP contribution in [0, 0.1) is 0 Å². The number of carboxylic acids is 1. The van der Waals surface area contributed by atoms with Crippen molar-refractivity contribution in [1.29, 1.82) is 0 Å². The third kappa shape index (κ3) is 2.20. The molecule has 1 rings (SSSR count). The Bertz CT molecular complexity index is 414. The topological polar surface area (TPSA) is 77.8 Å². The number of phenols is 1. The first-order valence-corrected chi connectivity index (χ1v) is 5.46. The standard InChI is InChI=1S/C11H13BrO4/c1-11(2,9(14)10(15)16)6-4-3-5-7(13)8(6)12/h3-5,9,13-14H,1-2H3,(H,15,16). The number of aromatic hydroxyl groups is 1. The molecule has 0 saturated carbocycles. The molecule has 0 amide bonds. The zero-order chi connectivity index (χ0) is 12.5. The predicted molar refractivity (Wildman–Crippen MR) is 62.5 cm³/mol. The van der Waals surface area contributed by atoms with E-state index in [-0.39, 0.29) is 5.75 Å². The number of aliphatic carboxylic acids is 1. The lowest BCUT2D eigenvalue weighted by atomic mass is 9.79. The van der Waals surface area contributed by atoms with Crippen molar-refractivity contribution < 1.29 is 20.1 Å². The molecule has 0 aliphatic carbocycles. The van der Waals surface area contributed by atoms with Crippen LogP contribution in [0.15, 0.2) is 22.7 Å². The summed E-state index contributed by atoms with van der Waals surface area (Å²) in [6.07, 6.45) is -1.54. The van der Waals surface area contributed by atoms with E-state index in [0.717, 1.165) is 0 Å². The number of benzene rings is 1. The molecule has 0 aliphatic rings. The van der Waals surface area contributed by atoms with Gasteiger partial charge in [0, 0.05) is 5.41 Å². The summed E-state index contributed by atoms with van der Waals surface area (Å²) in [5.74, 6) is -1.27. The number of carboxylic acid groups (broad SMARTS) is 1. The Labute approximate surface area is 102 Å². The van der Waals surface area contributed by atoms with Gasteiger partial charge in [-0.05, 0) is 27.6 Å². The van der Waals surface area contributed by atoms with Crippen LogP contribution in [-0.4, -0.2) is 27.4 Å². The van der Waals surface area contributed by atoms with Crippen LogP contribution in [0.3, 0.4) is 0 Å². The molecule has 0 spiro atoms. The summed E-state index contributed by atoms with van der Waals surface area (Å²) in [4.78, 5) is 10.8. The number of hydrogen-bond acceptors (Lipinski definition) is 3. The molecule has 4 nitrogen and oxygen atoms in total. The second-order valence-corrected chi connectivity index (χ2v) is 4.89. The van der Waals surface area contributed by atoms with Crippen molar-refractivity contribution in [2.75, 3.05) is 0 Å². The fraction of sp³-hybridized carbons (Fsp3) is 0.364. The van der Waals surface area contributed by atoms with Crippen molar-refractivity contribution in [3.8, 4) is 5.75 Å². The average molecular weight is 289 g/mol. The highest BCUT2D eigenvalue weighted by Crippen LogP contribution is 2.37. The van der Waals surface area contributed by atoms with Crippen LogP contribution in [0.4, 0.5) is 0 Å². The number of aliphatic hydroxyl groups excluding tert-OH is 1. The van der Waals surface area contributed by atoms with Gasteiger partial charge in [-0.25, -0.2) is 4.79 Å². The summed E-state index contributed by atoms with van der Waals surface area (Å²) in [6, 6.07) is 4.75. The Balaban J connectivity index is 3.26. The lowest BCUT2D eigenvalue weighted by molar-refractivity contribution is -0.150.